The zero-order valence-electron chi connectivity index (χ0n) is 24.4. The van der Waals surface area contributed by atoms with Crippen molar-refractivity contribution in [2.24, 2.45) is 0 Å². The Balaban J connectivity index is 1.57. The SMILES string of the molecule is CCCCCCCCOc1ccc2ccc(O)c(-c3c(O)ccc4ccc(OCCCCCCCC)cc34)c2c1. The summed E-state index contributed by atoms with van der Waals surface area (Å²) in [5, 5.41) is 25.9. The Kier molecular flexibility index (Phi) is 11.4. The van der Waals surface area contributed by atoms with Gasteiger partial charge in [0, 0.05) is 11.1 Å². The number of phenolic OH excluding ortho intramolecular Hbond substituents is 2. The van der Waals surface area contributed by atoms with E-state index in [-0.39, 0.29) is 11.5 Å². The maximum atomic E-state index is 11.1. The van der Waals surface area contributed by atoms with Crippen LogP contribution in [0.4, 0.5) is 0 Å². The molecule has 2 N–H and O–H groups in total. The molecule has 0 aliphatic heterocycles. The predicted octanol–water partition coefficient (Wildman–Crippen LogP) is 10.5. The average molecular weight is 543 g/mol. The first-order chi connectivity index (χ1) is 19.6. The van der Waals surface area contributed by atoms with Crippen molar-refractivity contribution >= 4 is 21.5 Å². The Hall–Kier alpha value is -3.40. The fourth-order valence-corrected chi connectivity index (χ4v) is 5.42. The van der Waals surface area contributed by atoms with Crippen LogP contribution in [0.1, 0.15) is 90.9 Å². The van der Waals surface area contributed by atoms with Gasteiger partial charge in [-0.25, -0.2) is 0 Å². The molecule has 0 radical (unpaired) electrons. The molecule has 0 atom stereocenters. The molecule has 0 heterocycles. The lowest BCUT2D eigenvalue weighted by molar-refractivity contribution is 0.304. The second-order valence-corrected chi connectivity index (χ2v) is 10.9. The van der Waals surface area contributed by atoms with Gasteiger partial charge in [-0.2, -0.15) is 0 Å². The molecule has 4 rings (SSSR count). The van der Waals surface area contributed by atoms with Gasteiger partial charge in [0.05, 0.1) is 13.2 Å². The highest BCUT2D eigenvalue weighted by Crippen LogP contribution is 2.45. The summed E-state index contributed by atoms with van der Waals surface area (Å²) in [6, 6.07) is 19.2. The number of hydrogen-bond acceptors (Lipinski definition) is 4. The normalized spacial score (nSPS) is 11.3. The summed E-state index contributed by atoms with van der Waals surface area (Å²) < 4.78 is 12.2. The summed E-state index contributed by atoms with van der Waals surface area (Å²) in [6.45, 7) is 5.81. The minimum Gasteiger partial charge on any atom is -0.507 e. The third kappa shape index (κ3) is 7.84. The summed E-state index contributed by atoms with van der Waals surface area (Å²) in [5.41, 5.74) is 1.22. The molecule has 0 saturated carbocycles. The molecule has 0 amide bonds. The van der Waals surface area contributed by atoms with Crippen LogP contribution in [0, 0.1) is 0 Å². The third-order valence-electron chi connectivity index (χ3n) is 7.73. The van der Waals surface area contributed by atoms with Crippen molar-refractivity contribution in [3.63, 3.8) is 0 Å². The number of unbranched alkanes of at least 4 members (excludes halogenated alkanes) is 10. The van der Waals surface area contributed by atoms with Crippen molar-refractivity contribution in [3.05, 3.63) is 60.7 Å². The van der Waals surface area contributed by atoms with Gasteiger partial charge in [-0.05, 0) is 70.8 Å². The van der Waals surface area contributed by atoms with E-state index < -0.39 is 0 Å². The second kappa shape index (κ2) is 15.4. The molecule has 0 fully saturated rings. The van der Waals surface area contributed by atoms with Crippen LogP contribution in [0.3, 0.4) is 0 Å². The van der Waals surface area contributed by atoms with Crippen LogP contribution < -0.4 is 9.47 Å². The van der Waals surface area contributed by atoms with Crippen molar-refractivity contribution in [2.75, 3.05) is 13.2 Å². The standard InChI is InChI=1S/C36H46O4/c1-3-5-7-9-11-13-23-39-29-19-15-27-17-21-33(37)35(31(27)25-29)36-32-26-30(20-16-28(32)18-22-34(36)38)40-24-14-12-10-8-6-4-2/h15-22,25-26,37-38H,3-14,23-24H2,1-2H3. The Labute approximate surface area is 240 Å². The highest BCUT2D eigenvalue weighted by atomic mass is 16.5. The topological polar surface area (TPSA) is 58.9 Å². The number of benzene rings is 4. The Morgan fingerprint density at radius 1 is 0.475 bits per heavy atom. The molecule has 0 aromatic heterocycles. The molecule has 0 spiro atoms. The minimum atomic E-state index is 0.127. The molecular formula is C36H46O4. The Morgan fingerprint density at radius 3 is 1.27 bits per heavy atom. The van der Waals surface area contributed by atoms with Crippen LogP contribution in [0.25, 0.3) is 32.7 Å². The lowest BCUT2D eigenvalue weighted by Crippen LogP contribution is -1.98. The second-order valence-electron chi connectivity index (χ2n) is 10.9. The summed E-state index contributed by atoms with van der Waals surface area (Å²) >= 11 is 0. The van der Waals surface area contributed by atoms with Crippen LogP contribution in [-0.4, -0.2) is 23.4 Å². The lowest BCUT2D eigenvalue weighted by atomic mass is 9.92. The molecule has 0 unspecified atom stereocenters. The summed E-state index contributed by atoms with van der Waals surface area (Å²) in [6.07, 6.45) is 14.6. The van der Waals surface area contributed by atoms with Crippen LogP contribution in [0.5, 0.6) is 23.0 Å². The van der Waals surface area contributed by atoms with E-state index in [0.29, 0.717) is 24.3 Å². The van der Waals surface area contributed by atoms with E-state index in [1.54, 1.807) is 12.1 Å². The number of ether oxygens (including phenoxy) is 2. The van der Waals surface area contributed by atoms with Crippen LogP contribution in [0.2, 0.25) is 0 Å². The van der Waals surface area contributed by atoms with Gasteiger partial charge in [0.1, 0.15) is 23.0 Å². The van der Waals surface area contributed by atoms with Crippen molar-refractivity contribution in [3.8, 4) is 34.1 Å². The molecule has 4 heteroatoms. The molecule has 0 aliphatic carbocycles. The smallest absolute Gasteiger partial charge is 0.124 e. The zero-order chi connectivity index (χ0) is 28.2. The van der Waals surface area contributed by atoms with E-state index in [1.165, 1.54) is 64.2 Å². The molecule has 4 aromatic rings. The van der Waals surface area contributed by atoms with Gasteiger partial charge in [-0.1, -0.05) is 102 Å². The maximum Gasteiger partial charge on any atom is 0.124 e. The van der Waals surface area contributed by atoms with Gasteiger partial charge in [-0.15, -0.1) is 0 Å². The fourth-order valence-electron chi connectivity index (χ4n) is 5.42. The van der Waals surface area contributed by atoms with Crippen LogP contribution in [0.15, 0.2) is 60.7 Å². The molecule has 0 aliphatic rings. The third-order valence-corrected chi connectivity index (χ3v) is 7.73. The van der Waals surface area contributed by atoms with Crippen molar-refractivity contribution in [2.45, 2.75) is 90.9 Å². The number of aromatic hydroxyl groups is 2. The lowest BCUT2D eigenvalue weighted by Gasteiger charge is -2.16. The monoisotopic (exact) mass is 542 g/mol. The van der Waals surface area contributed by atoms with E-state index >= 15 is 0 Å². The highest BCUT2D eigenvalue weighted by molar-refractivity contribution is 6.10. The first-order valence-electron chi connectivity index (χ1n) is 15.4. The fraction of sp³-hybridized carbons (Fsp3) is 0.444. The quantitative estimate of drug-likeness (QED) is 0.130. The van der Waals surface area contributed by atoms with Gasteiger partial charge in [-0.3, -0.25) is 0 Å². The predicted molar refractivity (Wildman–Crippen MR) is 168 cm³/mol. The molecule has 4 nitrogen and oxygen atoms in total. The molecule has 214 valence electrons. The van der Waals surface area contributed by atoms with E-state index in [9.17, 15) is 10.2 Å². The van der Waals surface area contributed by atoms with Crippen molar-refractivity contribution in [1.82, 2.24) is 0 Å². The molecule has 40 heavy (non-hydrogen) atoms. The first-order valence-corrected chi connectivity index (χ1v) is 15.4. The van der Waals surface area contributed by atoms with E-state index in [2.05, 4.69) is 13.8 Å². The van der Waals surface area contributed by atoms with E-state index in [0.717, 1.165) is 45.9 Å². The average Bonchev–Trinajstić information content (AvgIpc) is 2.96. The first kappa shape index (κ1) is 29.6. The summed E-state index contributed by atoms with van der Waals surface area (Å²) in [5.74, 6) is 1.80. The van der Waals surface area contributed by atoms with Crippen molar-refractivity contribution in [1.29, 1.82) is 0 Å². The number of rotatable bonds is 17. The number of hydrogen-bond donors (Lipinski definition) is 2. The van der Waals surface area contributed by atoms with Gasteiger partial charge in [0.15, 0.2) is 0 Å². The van der Waals surface area contributed by atoms with E-state index in [4.69, 9.17) is 9.47 Å². The largest absolute Gasteiger partial charge is 0.507 e. The van der Waals surface area contributed by atoms with Gasteiger partial charge in [0.2, 0.25) is 0 Å². The van der Waals surface area contributed by atoms with Gasteiger partial charge >= 0.3 is 0 Å². The summed E-state index contributed by atoms with van der Waals surface area (Å²) in [4.78, 5) is 0. The zero-order valence-corrected chi connectivity index (χ0v) is 24.4. The van der Waals surface area contributed by atoms with Crippen LogP contribution in [-0.2, 0) is 0 Å². The maximum absolute atomic E-state index is 11.1. The van der Waals surface area contributed by atoms with E-state index in [1.807, 2.05) is 48.5 Å². The molecule has 0 saturated heterocycles. The molecule has 0 bridgehead atoms. The highest BCUT2D eigenvalue weighted by Gasteiger charge is 2.18. The summed E-state index contributed by atoms with van der Waals surface area (Å²) in [7, 11) is 0. The van der Waals surface area contributed by atoms with Crippen LogP contribution >= 0.6 is 0 Å². The van der Waals surface area contributed by atoms with Crippen molar-refractivity contribution < 1.29 is 19.7 Å². The number of fused-ring (bicyclic) bond motifs is 2. The Morgan fingerprint density at radius 2 is 0.850 bits per heavy atom. The molecular weight excluding hydrogens is 496 g/mol. The van der Waals surface area contributed by atoms with Gasteiger partial charge < -0.3 is 19.7 Å². The molecule has 4 aromatic carbocycles. The van der Waals surface area contributed by atoms with Gasteiger partial charge in [0.25, 0.3) is 0 Å². The minimum absolute atomic E-state index is 0.127. The Bertz CT molecular complexity index is 1260. The number of phenols is 2.